The molecule has 2 heterocycles. The molecule has 2 aromatic carbocycles. The van der Waals surface area contributed by atoms with Crippen LogP contribution in [0.5, 0.6) is 0 Å². The lowest BCUT2D eigenvalue weighted by Gasteiger charge is -2.14. The summed E-state index contributed by atoms with van der Waals surface area (Å²) in [6.07, 6.45) is 1.41. The van der Waals surface area contributed by atoms with Crippen molar-refractivity contribution in [3.8, 4) is 11.3 Å². The number of hydrazine groups is 1. The summed E-state index contributed by atoms with van der Waals surface area (Å²) >= 11 is 12.2. The molecule has 1 fully saturated rings. The summed E-state index contributed by atoms with van der Waals surface area (Å²) in [5.41, 5.74) is 4.75. The Labute approximate surface area is 171 Å². The van der Waals surface area contributed by atoms with Crippen LogP contribution in [0, 0.1) is 6.92 Å². The molecule has 1 N–H and O–H groups in total. The number of furan rings is 1. The quantitative estimate of drug-likeness (QED) is 0.484. The van der Waals surface area contributed by atoms with Crippen molar-refractivity contribution < 1.29 is 14.0 Å². The molecule has 0 saturated carbocycles. The van der Waals surface area contributed by atoms with Crippen LogP contribution in [0.15, 0.2) is 64.6 Å². The number of anilines is 1. The lowest BCUT2D eigenvalue weighted by atomic mass is 10.2. The fourth-order valence-electron chi connectivity index (χ4n) is 2.91. The van der Waals surface area contributed by atoms with E-state index < -0.39 is 11.8 Å². The van der Waals surface area contributed by atoms with Gasteiger partial charge in [-0.05, 0) is 61.0 Å². The van der Waals surface area contributed by atoms with E-state index in [1.165, 1.54) is 11.1 Å². The third-order valence-corrected chi connectivity index (χ3v) is 4.82. The minimum Gasteiger partial charge on any atom is -0.457 e. The first-order chi connectivity index (χ1) is 13.4. The summed E-state index contributed by atoms with van der Waals surface area (Å²) in [5, 5.41) is 2.23. The van der Waals surface area contributed by atoms with Crippen LogP contribution in [0.25, 0.3) is 17.4 Å². The van der Waals surface area contributed by atoms with Gasteiger partial charge in [0.25, 0.3) is 11.8 Å². The monoisotopic (exact) mass is 412 g/mol. The summed E-state index contributed by atoms with van der Waals surface area (Å²) in [6.45, 7) is 1.91. The number of hydrogen-bond acceptors (Lipinski definition) is 3. The van der Waals surface area contributed by atoms with E-state index in [1.54, 1.807) is 36.4 Å². The maximum atomic E-state index is 12.7. The van der Waals surface area contributed by atoms with Crippen LogP contribution >= 0.6 is 23.2 Å². The van der Waals surface area contributed by atoms with Gasteiger partial charge in [0.2, 0.25) is 0 Å². The molecule has 4 rings (SSSR count). The fraction of sp³-hybridized carbons (Fsp3) is 0.0476. The number of nitrogens with zero attached hydrogens (tertiary/aromatic N) is 1. The fourth-order valence-corrected chi connectivity index (χ4v) is 3.29. The highest BCUT2D eigenvalue weighted by atomic mass is 35.5. The van der Waals surface area contributed by atoms with Gasteiger partial charge in [0.1, 0.15) is 17.1 Å². The molecule has 1 aromatic heterocycles. The van der Waals surface area contributed by atoms with Crippen LogP contribution in [0.1, 0.15) is 11.3 Å². The molecule has 140 valence electrons. The summed E-state index contributed by atoms with van der Waals surface area (Å²) < 4.78 is 5.75. The van der Waals surface area contributed by atoms with E-state index in [1.807, 2.05) is 25.1 Å². The summed E-state index contributed by atoms with van der Waals surface area (Å²) in [7, 11) is 0. The first kappa shape index (κ1) is 18.3. The van der Waals surface area contributed by atoms with Crippen LogP contribution in [-0.2, 0) is 9.59 Å². The average Bonchev–Trinajstić information content (AvgIpc) is 3.24. The van der Waals surface area contributed by atoms with Gasteiger partial charge in [-0.15, -0.1) is 0 Å². The third kappa shape index (κ3) is 3.42. The molecular weight excluding hydrogens is 399 g/mol. The average molecular weight is 413 g/mol. The standard InChI is InChI=1S/C21H14Cl2N2O3/c1-12-3-2-4-14(9-12)25-21(27)17(20(26)24-25)11-15-6-8-19(28-15)16-10-13(22)5-7-18(16)23/h2-11H,1H3,(H,24,26)/b17-11+. The van der Waals surface area contributed by atoms with E-state index in [0.717, 1.165) is 5.56 Å². The van der Waals surface area contributed by atoms with Gasteiger partial charge in [0, 0.05) is 10.6 Å². The van der Waals surface area contributed by atoms with Crippen LogP contribution in [0.2, 0.25) is 10.0 Å². The third-order valence-electron chi connectivity index (χ3n) is 4.26. The van der Waals surface area contributed by atoms with E-state index in [-0.39, 0.29) is 5.57 Å². The molecule has 0 aliphatic carbocycles. The first-order valence-corrected chi connectivity index (χ1v) is 9.17. The van der Waals surface area contributed by atoms with Crippen molar-refractivity contribution in [2.75, 3.05) is 5.01 Å². The second kappa shape index (κ2) is 7.19. The second-order valence-electron chi connectivity index (χ2n) is 6.30. The van der Waals surface area contributed by atoms with E-state index in [4.69, 9.17) is 27.6 Å². The number of rotatable bonds is 3. The van der Waals surface area contributed by atoms with Crippen molar-refractivity contribution in [3.63, 3.8) is 0 Å². The molecule has 0 spiro atoms. The molecule has 0 unspecified atom stereocenters. The number of halogens is 2. The Morgan fingerprint density at radius 2 is 1.86 bits per heavy atom. The topological polar surface area (TPSA) is 62.6 Å². The predicted octanol–water partition coefficient (Wildman–Crippen LogP) is 5.02. The van der Waals surface area contributed by atoms with Crippen LogP contribution in [-0.4, -0.2) is 11.8 Å². The molecule has 7 heteroatoms. The van der Waals surface area contributed by atoms with Gasteiger partial charge < -0.3 is 4.42 Å². The van der Waals surface area contributed by atoms with E-state index >= 15 is 0 Å². The number of aryl methyl sites for hydroxylation is 1. The molecule has 28 heavy (non-hydrogen) atoms. The van der Waals surface area contributed by atoms with Crippen molar-refractivity contribution in [1.82, 2.24) is 5.43 Å². The highest BCUT2D eigenvalue weighted by Gasteiger charge is 2.34. The smallest absolute Gasteiger partial charge is 0.282 e. The van der Waals surface area contributed by atoms with Crippen molar-refractivity contribution in [1.29, 1.82) is 0 Å². The molecule has 0 atom stereocenters. The zero-order valence-electron chi connectivity index (χ0n) is 14.7. The molecule has 2 amide bonds. The molecular formula is C21H14Cl2N2O3. The second-order valence-corrected chi connectivity index (χ2v) is 7.15. The number of amides is 2. The summed E-state index contributed by atoms with van der Waals surface area (Å²) in [5.74, 6) is -0.101. The Bertz CT molecular complexity index is 1130. The lowest BCUT2D eigenvalue weighted by Crippen LogP contribution is -2.35. The van der Waals surface area contributed by atoms with E-state index in [0.29, 0.717) is 32.8 Å². The normalized spacial score (nSPS) is 15.4. The minimum absolute atomic E-state index is 0.0143. The molecule has 0 bridgehead atoms. The van der Waals surface area contributed by atoms with Gasteiger partial charge in [-0.3, -0.25) is 15.0 Å². The molecule has 1 saturated heterocycles. The number of hydrogen-bond donors (Lipinski definition) is 1. The highest BCUT2D eigenvalue weighted by Crippen LogP contribution is 2.32. The summed E-state index contributed by atoms with van der Waals surface area (Å²) in [6, 6.07) is 15.7. The lowest BCUT2D eigenvalue weighted by molar-refractivity contribution is -0.117. The van der Waals surface area contributed by atoms with Gasteiger partial charge in [-0.25, -0.2) is 5.01 Å². The molecule has 0 radical (unpaired) electrons. The van der Waals surface area contributed by atoms with E-state index in [2.05, 4.69) is 5.43 Å². The Morgan fingerprint density at radius 1 is 1.04 bits per heavy atom. The van der Waals surface area contributed by atoms with Gasteiger partial charge in [0.05, 0.1) is 10.7 Å². The van der Waals surface area contributed by atoms with Crippen LogP contribution < -0.4 is 10.4 Å². The zero-order chi connectivity index (χ0) is 19.8. The first-order valence-electron chi connectivity index (χ1n) is 8.41. The summed E-state index contributed by atoms with van der Waals surface area (Å²) in [4.78, 5) is 25.0. The molecule has 3 aromatic rings. The SMILES string of the molecule is Cc1cccc(N2NC(=O)/C(=C\c3ccc(-c4cc(Cl)ccc4Cl)o3)C2=O)c1. The number of carbonyl (C=O) groups is 2. The van der Waals surface area contributed by atoms with Crippen molar-refractivity contribution in [2.24, 2.45) is 0 Å². The highest BCUT2D eigenvalue weighted by molar-refractivity contribution is 6.35. The van der Waals surface area contributed by atoms with Gasteiger partial charge in [-0.2, -0.15) is 0 Å². The Hall–Kier alpha value is -3.02. The Morgan fingerprint density at radius 3 is 2.64 bits per heavy atom. The van der Waals surface area contributed by atoms with Crippen LogP contribution in [0.3, 0.4) is 0 Å². The van der Waals surface area contributed by atoms with Gasteiger partial charge >= 0.3 is 0 Å². The van der Waals surface area contributed by atoms with Crippen molar-refractivity contribution in [3.05, 3.63) is 81.5 Å². The minimum atomic E-state index is -0.495. The predicted molar refractivity (Wildman–Crippen MR) is 109 cm³/mol. The Kier molecular flexibility index (Phi) is 4.71. The number of carbonyl (C=O) groups excluding carboxylic acids is 2. The van der Waals surface area contributed by atoms with Crippen molar-refractivity contribution in [2.45, 2.75) is 6.92 Å². The van der Waals surface area contributed by atoms with E-state index in [9.17, 15) is 9.59 Å². The Balaban J connectivity index is 1.64. The maximum absolute atomic E-state index is 12.7. The number of nitrogens with one attached hydrogen (secondary N) is 1. The largest absolute Gasteiger partial charge is 0.457 e. The molecule has 1 aliphatic rings. The van der Waals surface area contributed by atoms with Crippen molar-refractivity contribution >= 4 is 46.8 Å². The van der Waals surface area contributed by atoms with Crippen LogP contribution in [0.4, 0.5) is 5.69 Å². The molecule has 5 nitrogen and oxygen atoms in total. The zero-order valence-corrected chi connectivity index (χ0v) is 16.2. The van der Waals surface area contributed by atoms with Gasteiger partial charge in [0.15, 0.2) is 0 Å². The maximum Gasteiger partial charge on any atom is 0.282 e. The van der Waals surface area contributed by atoms with Gasteiger partial charge in [-0.1, -0.05) is 35.3 Å². The molecule has 1 aliphatic heterocycles. The number of benzene rings is 2.